The van der Waals surface area contributed by atoms with Crippen LogP contribution in [0.3, 0.4) is 0 Å². The lowest BCUT2D eigenvalue weighted by Crippen LogP contribution is -1.81. The van der Waals surface area contributed by atoms with Crippen molar-refractivity contribution in [3.05, 3.63) is 22.1 Å². The van der Waals surface area contributed by atoms with Crippen LogP contribution in [0.15, 0.2) is 15.2 Å². The van der Waals surface area contributed by atoms with Gasteiger partial charge in [-0.1, -0.05) is 6.42 Å². The Morgan fingerprint density at radius 3 is 2.91 bits per heavy atom. The number of hydrogen-bond acceptors (Lipinski definition) is 1. The summed E-state index contributed by atoms with van der Waals surface area (Å²) >= 11 is 3.35. The molecule has 0 atom stereocenters. The molecule has 0 aliphatic heterocycles. The first kappa shape index (κ1) is 7.41. The molecule has 0 spiro atoms. The number of rotatable bonds is 0. The lowest BCUT2D eigenvalue weighted by molar-refractivity contribution is 0.481. The highest BCUT2D eigenvalue weighted by Crippen LogP contribution is 2.26. The fraction of sp³-hybridized carbons (Fsp3) is 0.556. The Labute approximate surface area is 74.9 Å². The minimum Gasteiger partial charge on any atom is -0.454 e. The minimum absolute atomic E-state index is 0.893. The number of hydrogen-bond donors (Lipinski definition) is 0. The maximum Gasteiger partial charge on any atom is 0.169 e. The van der Waals surface area contributed by atoms with Crippen LogP contribution < -0.4 is 0 Å². The maximum atomic E-state index is 5.50. The Bertz CT molecular complexity index is 229. The van der Waals surface area contributed by atoms with E-state index in [1.54, 1.807) is 0 Å². The van der Waals surface area contributed by atoms with Crippen molar-refractivity contribution < 1.29 is 4.42 Å². The van der Waals surface area contributed by atoms with Gasteiger partial charge in [0, 0.05) is 6.42 Å². The molecular formula is C9H11BrO. The highest BCUT2D eigenvalue weighted by atomic mass is 79.9. The molecule has 1 aromatic rings. The van der Waals surface area contributed by atoms with E-state index in [-0.39, 0.29) is 0 Å². The van der Waals surface area contributed by atoms with Gasteiger partial charge < -0.3 is 4.42 Å². The van der Waals surface area contributed by atoms with E-state index >= 15 is 0 Å². The molecule has 60 valence electrons. The van der Waals surface area contributed by atoms with Crippen molar-refractivity contribution in [2.45, 2.75) is 32.1 Å². The van der Waals surface area contributed by atoms with Crippen LogP contribution in [0, 0.1) is 0 Å². The van der Waals surface area contributed by atoms with E-state index in [9.17, 15) is 0 Å². The van der Waals surface area contributed by atoms with Gasteiger partial charge in [0.25, 0.3) is 0 Å². The molecule has 0 radical (unpaired) electrons. The quantitative estimate of drug-likeness (QED) is 0.605. The molecule has 2 rings (SSSR count). The molecule has 0 aromatic carbocycles. The summed E-state index contributed by atoms with van der Waals surface area (Å²) in [6, 6.07) is 2.11. The standard InChI is InChI=1S/C9H11BrO/c10-9-6-7-4-2-1-3-5-8(7)11-9/h6H,1-5H2. The maximum absolute atomic E-state index is 5.50. The molecule has 1 heterocycles. The van der Waals surface area contributed by atoms with Gasteiger partial charge in [-0.3, -0.25) is 0 Å². The van der Waals surface area contributed by atoms with Crippen molar-refractivity contribution in [1.82, 2.24) is 0 Å². The van der Waals surface area contributed by atoms with Crippen molar-refractivity contribution in [2.24, 2.45) is 0 Å². The van der Waals surface area contributed by atoms with Crippen LogP contribution in [-0.4, -0.2) is 0 Å². The van der Waals surface area contributed by atoms with Gasteiger partial charge in [-0.15, -0.1) is 0 Å². The summed E-state index contributed by atoms with van der Waals surface area (Å²) < 4.78 is 6.40. The first-order chi connectivity index (χ1) is 5.36. The monoisotopic (exact) mass is 214 g/mol. The van der Waals surface area contributed by atoms with E-state index < -0.39 is 0 Å². The predicted molar refractivity (Wildman–Crippen MR) is 47.7 cm³/mol. The van der Waals surface area contributed by atoms with E-state index in [2.05, 4.69) is 22.0 Å². The minimum atomic E-state index is 0.893. The predicted octanol–water partition coefficient (Wildman–Crippen LogP) is 3.31. The molecule has 0 unspecified atom stereocenters. The van der Waals surface area contributed by atoms with Crippen LogP contribution in [0.1, 0.15) is 30.6 Å². The molecular weight excluding hydrogens is 204 g/mol. The molecule has 0 bridgehead atoms. The summed E-state index contributed by atoms with van der Waals surface area (Å²) in [7, 11) is 0. The van der Waals surface area contributed by atoms with Crippen molar-refractivity contribution >= 4 is 15.9 Å². The van der Waals surface area contributed by atoms with Crippen molar-refractivity contribution in [3.63, 3.8) is 0 Å². The van der Waals surface area contributed by atoms with Crippen molar-refractivity contribution in [1.29, 1.82) is 0 Å². The fourth-order valence-corrected chi connectivity index (χ4v) is 2.10. The SMILES string of the molecule is Brc1cc2c(o1)CCCCC2. The zero-order valence-corrected chi connectivity index (χ0v) is 7.99. The van der Waals surface area contributed by atoms with Gasteiger partial charge in [-0.05, 0) is 46.8 Å². The normalized spacial score (nSPS) is 17.5. The molecule has 0 fully saturated rings. The Morgan fingerprint density at radius 1 is 1.18 bits per heavy atom. The van der Waals surface area contributed by atoms with Gasteiger partial charge in [0.05, 0.1) is 0 Å². The molecule has 1 aliphatic rings. The van der Waals surface area contributed by atoms with E-state index in [4.69, 9.17) is 4.42 Å². The summed E-state index contributed by atoms with van der Waals surface area (Å²) in [5.74, 6) is 1.20. The largest absolute Gasteiger partial charge is 0.454 e. The van der Waals surface area contributed by atoms with E-state index in [0.717, 1.165) is 11.1 Å². The summed E-state index contributed by atoms with van der Waals surface area (Å²) in [5, 5.41) is 0. The third-order valence-corrected chi connectivity index (χ3v) is 2.61. The van der Waals surface area contributed by atoms with Gasteiger partial charge in [-0.25, -0.2) is 0 Å². The zero-order valence-electron chi connectivity index (χ0n) is 6.40. The fourth-order valence-electron chi connectivity index (χ4n) is 1.63. The van der Waals surface area contributed by atoms with Gasteiger partial charge in [-0.2, -0.15) is 0 Å². The number of fused-ring (bicyclic) bond motifs is 1. The summed E-state index contributed by atoms with van der Waals surface area (Å²) in [6.45, 7) is 0. The van der Waals surface area contributed by atoms with Crippen LogP contribution in [0.5, 0.6) is 0 Å². The molecule has 11 heavy (non-hydrogen) atoms. The summed E-state index contributed by atoms with van der Waals surface area (Å²) in [4.78, 5) is 0. The van der Waals surface area contributed by atoms with Crippen LogP contribution in [0.2, 0.25) is 0 Å². The Morgan fingerprint density at radius 2 is 2.00 bits per heavy atom. The van der Waals surface area contributed by atoms with Gasteiger partial charge in [0.2, 0.25) is 0 Å². The molecule has 0 saturated heterocycles. The molecule has 1 aliphatic carbocycles. The lowest BCUT2D eigenvalue weighted by Gasteiger charge is -1.91. The van der Waals surface area contributed by atoms with Crippen molar-refractivity contribution in [3.8, 4) is 0 Å². The smallest absolute Gasteiger partial charge is 0.169 e. The molecule has 1 aromatic heterocycles. The second kappa shape index (κ2) is 3.02. The Hall–Kier alpha value is -0.240. The first-order valence-corrected chi connectivity index (χ1v) is 4.92. The third kappa shape index (κ3) is 1.51. The van der Waals surface area contributed by atoms with E-state index in [1.807, 2.05) is 0 Å². The highest BCUT2D eigenvalue weighted by Gasteiger charge is 2.12. The van der Waals surface area contributed by atoms with Crippen LogP contribution >= 0.6 is 15.9 Å². The van der Waals surface area contributed by atoms with Crippen LogP contribution in [0.4, 0.5) is 0 Å². The molecule has 0 N–H and O–H groups in total. The highest BCUT2D eigenvalue weighted by molar-refractivity contribution is 9.10. The topological polar surface area (TPSA) is 13.1 Å². The molecule has 0 saturated carbocycles. The van der Waals surface area contributed by atoms with E-state index in [0.29, 0.717) is 0 Å². The first-order valence-electron chi connectivity index (χ1n) is 4.13. The second-order valence-corrected chi connectivity index (χ2v) is 3.84. The van der Waals surface area contributed by atoms with Crippen molar-refractivity contribution in [2.75, 3.05) is 0 Å². The summed E-state index contributed by atoms with van der Waals surface area (Å²) in [6.07, 6.45) is 6.28. The van der Waals surface area contributed by atoms with Gasteiger partial charge >= 0.3 is 0 Å². The summed E-state index contributed by atoms with van der Waals surface area (Å²) in [5.41, 5.74) is 1.41. The average molecular weight is 215 g/mol. The third-order valence-electron chi connectivity index (χ3n) is 2.22. The van der Waals surface area contributed by atoms with Crippen LogP contribution in [-0.2, 0) is 12.8 Å². The number of halogens is 1. The number of aryl methyl sites for hydroxylation is 2. The zero-order chi connectivity index (χ0) is 7.68. The van der Waals surface area contributed by atoms with Crippen LogP contribution in [0.25, 0.3) is 0 Å². The number of furan rings is 1. The Kier molecular flexibility index (Phi) is 2.03. The van der Waals surface area contributed by atoms with Gasteiger partial charge in [0.15, 0.2) is 4.67 Å². The molecule has 0 amide bonds. The Balaban J connectivity index is 2.32. The molecule has 2 heteroatoms. The second-order valence-electron chi connectivity index (χ2n) is 3.06. The average Bonchev–Trinajstić information content (AvgIpc) is 2.17. The molecule has 1 nitrogen and oxygen atoms in total. The van der Waals surface area contributed by atoms with Gasteiger partial charge in [0.1, 0.15) is 5.76 Å². The van der Waals surface area contributed by atoms with E-state index in [1.165, 1.54) is 37.0 Å². The lowest BCUT2D eigenvalue weighted by atomic mass is 10.1.